The molecule has 230 valence electrons. The van der Waals surface area contributed by atoms with Crippen molar-refractivity contribution < 1.29 is 23.8 Å². The number of ether oxygens (including phenoxy) is 1. The van der Waals surface area contributed by atoms with Gasteiger partial charge in [-0.2, -0.15) is 0 Å². The molecule has 1 saturated carbocycles. The highest BCUT2D eigenvalue weighted by Crippen LogP contribution is 2.44. The first kappa shape index (κ1) is 31.1. The highest BCUT2D eigenvalue weighted by Gasteiger charge is 2.44. The van der Waals surface area contributed by atoms with Gasteiger partial charge in [-0.3, -0.25) is 19.3 Å². The fraction of sp³-hybridized carbons (Fsp3) is 0.452. The Balaban J connectivity index is 1.55. The molecule has 0 bridgehead atoms. The minimum Gasteiger partial charge on any atom is -0.492 e. The fourth-order valence-electron chi connectivity index (χ4n) is 6.39. The number of hydrogen-bond donors (Lipinski definition) is 2. The summed E-state index contributed by atoms with van der Waals surface area (Å²) in [6.07, 6.45) is 3.21. The van der Waals surface area contributed by atoms with Gasteiger partial charge >= 0.3 is 5.97 Å². The highest BCUT2D eigenvalue weighted by molar-refractivity contribution is 6.35. The second-order valence-corrected chi connectivity index (χ2v) is 12.8. The zero-order chi connectivity index (χ0) is 31.4. The van der Waals surface area contributed by atoms with Crippen molar-refractivity contribution in [3.8, 4) is 5.75 Å². The molecule has 0 radical (unpaired) electrons. The Morgan fingerprint density at radius 2 is 1.79 bits per heavy atom. The second-order valence-electron chi connectivity index (χ2n) is 11.9. The van der Waals surface area contributed by atoms with Gasteiger partial charge in [-0.25, -0.2) is 4.39 Å². The number of rotatable bonds is 8. The Kier molecular flexibility index (Phi) is 8.41. The van der Waals surface area contributed by atoms with E-state index < -0.39 is 28.7 Å². The van der Waals surface area contributed by atoms with Crippen molar-refractivity contribution >= 4 is 51.7 Å². The molecule has 2 heterocycles. The number of nitrogens with one attached hydrogen (secondary N) is 1. The molecule has 3 aromatic rings. The predicted molar refractivity (Wildman–Crippen MR) is 165 cm³/mol. The van der Waals surface area contributed by atoms with Crippen LogP contribution in [0.4, 0.5) is 10.1 Å². The van der Waals surface area contributed by atoms with Gasteiger partial charge in [0.15, 0.2) is 11.6 Å². The molecule has 2 N–H and O–H groups in total. The molecule has 2 aromatic carbocycles. The monoisotopic (exact) mass is 632 g/mol. The van der Waals surface area contributed by atoms with E-state index in [0.29, 0.717) is 34.2 Å². The zero-order valence-electron chi connectivity index (χ0n) is 24.7. The van der Waals surface area contributed by atoms with Crippen molar-refractivity contribution in [2.24, 2.45) is 0 Å². The number of benzene rings is 2. The topological polar surface area (TPSA) is 104 Å². The van der Waals surface area contributed by atoms with Crippen LogP contribution in [0.15, 0.2) is 35.3 Å². The van der Waals surface area contributed by atoms with E-state index in [4.69, 9.17) is 27.9 Å². The van der Waals surface area contributed by atoms with Crippen LogP contribution in [0.5, 0.6) is 5.75 Å². The summed E-state index contributed by atoms with van der Waals surface area (Å²) in [5.74, 6) is -1.97. The number of hydrogen-bond acceptors (Lipinski definition) is 6. The summed E-state index contributed by atoms with van der Waals surface area (Å²) in [4.78, 5) is 42.8. The third kappa shape index (κ3) is 5.68. The van der Waals surface area contributed by atoms with Crippen molar-refractivity contribution in [1.82, 2.24) is 14.8 Å². The maximum absolute atomic E-state index is 16.1. The number of nitrogens with zero attached hydrogens (tertiary/aromatic N) is 3. The summed E-state index contributed by atoms with van der Waals surface area (Å²) in [6.45, 7) is 7.94. The van der Waals surface area contributed by atoms with E-state index in [0.717, 1.165) is 12.8 Å². The minimum absolute atomic E-state index is 0.0265. The molecule has 9 nitrogen and oxygen atoms in total. The van der Waals surface area contributed by atoms with Gasteiger partial charge in [0.2, 0.25) is 5.43 Å². The molecule has 0 spiro atoms. The van der Waals surface area contributed by atoms with Gasteiger partial charge in [0.25, 0.3) is 5.91 Å². The van der Waals surface area contributed by atoms with E-state index >= 15 is 4.39 Å². The first-order valence-electron chi connectivity index (χ1n) is 14.2. The van der Waals surface area contributed by atoms with E-state index in [1.54, 1.807) is 32.0 Å². The predicted octanol–water partition coefficient (Wildman–Crippen LogP) is 5.48. The number of anilines is 1. The largest absolute Gasteiger partial charge is 0.492 e. The second kappa shape index (κ2) is 11.6. The molecule has 12 heteroatoms. The Bertz CT molecular complexity index is 1660. The fourth-order valence-corrected chi connectivity index (χ4v) is 6.86. The molecule has 2 aliphatic rings. The van der Waals surface area contributed by atoms with Crippen LogP contribution in [-0.2, 0) is 11.3 Å². The van der Waals surface area contributed by atoms with Gasteiger partial charge in [0, 0.05) is 54.0 Å². The number of piperazine rings is 1. The van der Waals surface area contributed by atoms with Crippen molar-refractivity contribution in [1.29, 1.82) is 0 Å². The number of pyridine rings is 1. The Morgan fingerprint density at radius 1 is 1.14 bits per heavy atom. The lowest BCUT2D eigenvalue weighted by molar-refractivity contribution is -0.153. The van der Waals surface area contributed by atoms with Crippen molar-refractivity contribution in [3.05, 3.63) is 67.7 Å². The molecule has 2 fully saturated rings. The third-order valence-corrected chi connectivity index (χ3v) is 9.03. The molecule has 2 atom stereocenters. The summed E-state index contributed by atoms with van der Waals surface area (Å²) >= 11 is 12.2. The van der Waals surface area contributed by atoms with Gasteiger partial charge in [-0.05, 0) is 64.3 Å². The average Bonchev–Trinajstić information content (AvgIpc) is 3.77. The summed E-state index contributed by atoms with van der Waals surface area (Å²) in [5, 5.41) is 13.5. The van der Waals surface area contributed by atoms with E-state index in [9.17, 15) is 19.5 Å². The van der Waals surface area contributed by atoms with Gasteiger partial charge in [-0.1, -0.05) is 29.3 Å². The van der Waals surface area contributed by atoms with Gasteiger partial charge in [-0.15, -0.1) is 0 Å². The number of carboxylic acid groups (broad SMARTS) is 1. The molecule has 2 unspecified atom stereocenters. The molecule has 1 aromatic heterocycles. The van der Waals surface area contributed by atoms with Gasteiger partial charge < -0.3 is 24.6 Å². The summed E-state index contributed by atoms with van der Waals surface area (Å²) < 4.78 is 23.7. The molecule has 5 rings (SSSR count). The molecule has 1 aliphatic carbocycles. The van der Waals surface area contributed by atoms with E-state index in [2.05, 4.69) is 5.32 Å². The van der Waals surface area contributed by atoms with Crippen LogP contribution in [0, 0.1) is 5.82 Å². The van der Waals surface area contributed by atoms with Gasteiger partial charge in [0.05, 0.1) is 18.0 Å². The van der Waals surface area contributed by atoms with Crippen LogP contribution in [-0.4, -0.2) is 64.3 Å². The van der Waals surface area contributed by atoms with Crippen LogP contribution in [0.2, 0.25) is 10.0 Å². The van der Waals surface area contributed by atoms with Crippen LogP contribution in [0.3, 0.4) is 0 Å². The van der Waals surface area contributed by atoms with Crippen molar-refractivity contribution in [3.63, 3.8) is 0 Å². The molecule has 43 heavy (non-hydrogen) atoms. The molecular formula is C31H35Cl2FN4O5. The number of amides is 1. The van der Waals surface area contributed by atoms with Gasteiger partial charge in [0.1, 0.15) is 16.8 Å². The first-order valence-corrected chi connectivity index (χ1v) is 15.0. The molecule has 1 saturated heterocycles. The lowest BCUT2D eigenvalue weighted by atomic mass is 9.94. The minimum atomic E-state index is -1.11. The van der Waals surface area contributed by atoms with E-state index in [-0.39, 0.29) is 47.1 Å². The quantitative estimate of drug-likeness (QED) is 0.339. The smallest absolute Gasteiger partial charge is 0.323 e. The highest BCUT2D eigenvalue weighted by atomic mass is 35.5. The zero-order valence-corrected chi connectivity index (χ0v) is 26.2. The maximum atomic E-state index is 16.1. The number of carbonyl (C=O) groups excluding carboxylic acids is 1. The number of aromatic nitrogens is 1. The average molecular weight is 634 g/mol. The van der Waals surface area contributed by atoms with Crippen LogP contribution in [0.25, 0.3) is 10.9 Å². The Hall–Kier alpha value is -3.34. The third-order valence-electron chi connectivity index (χ3n) is 8.45. The molecule has 1 aliphatic heterocycles. The SMILES string of the molecule is COc1c(N2CC(C)N(C(C)(C)C(=O)O)C(C)C2)c(F)cc2c(=O)c(C(=O)NCc3ccc(Cl)cc3Cl)cn(C3CC3)c12. The van der Waals surface area contributed by atoms with E-state index in [1.807, 2.05) is 28.2 Å². The summed E-state index contributed by atoms with van der Waals surface area (Å²) in [6, 6.07) is 5.69. The number of carboxylic acids is 1. The molecule has 1 amide bonds. The van der Waals surface area contributed by atoms with E-state index in [1.165, 1.54) is 19.4 Å². The van der Waals surface area contributed by atoms with Crippen LogP contribution in [0.1, 0.15) is 62.5 Å². The summed E-state index contributed by atoms with van der Waals surface area (Å²) in [7, 11) is 1.44. The Labute approximate surface area is 259 Å². The molecular weight excluding hydrogens is 598 g/mol. The normalized spacial score (nSPS) is 19.5. The Morgan fingerprint density at radius 3 is 2.35 bits per heavy atom. The standard InChI is InChI=1S/C31H35Cl2FN4O5/c1-16-13-36(14-17(2)38(16)31(3,4)30(41)42)26-24(34)11-21-25(28(26)43-5)37(20-8-9-20)15-22(27(21)39)29(40)35-12-18-6-7-19(32)10-23(18)33/h6-7,10-11,15-17,20H,8-9,12-14H2,1-5H3,(H,35,40)(H,41,42). The van der Waals surface area contributed by atoms with Crippen molar-refractivity contribution in [2.45, 2.75) is 70.7 Å². The summed E-state index contributed by atoms with van der Waals surface area (Å²) in [5.41, 5.74) is -0.549. The van der Waals surface area contributed by atoms with Crippen LogP contribution >= 0.6 is 23.2 Å². The number of aliphatic carboxylic acids is 1. The number of fused-ring (bicyclic) bond motifs is 1. The van der Waals surface area contributed by atoms with Crippen molar-refractivity contribution in [2.75, 3.05) is 25.1 Å². The lowest BCUT2D eigenvalue weighted by Crippen LogP contribution is -2.65. The van der Waals surface area contributed by atoms with Crippen LogP contribution < -0.4 is 20.4 Å². The maximum Gasteiger partial charge on any atom is 0.323 e. The lowest BCUT2D eigenvalue weighted by Gasteiger charge is -2.50. The number of carbonyl (C=O) groups is 2. The first-order chi connectivity index (χ1) is 20.3. The number of halogens is 3. The number of methoxy groups -OCH3 is 1.